The van der Waals surface area contributed by atoms with Crippen molar-refractivity contribution in [3.63, 3.8) is 0 Å². The number of hydroxylamine groups is 2. The summed E-state index contributed by atoms with van der Waals surface area (Å²) >= 11 is 0. The highest BCUT2D eigenvalue weighted by atomic mass is 16.8. The number of aromatic nitrogens is 1. The van der Waals surface area contributed by atoms with Gasteiger partial charge in [0.1, 0.15) is 0 Å². The summed E-state index contributed by atoms with van der Waals surface area (Å²) in [7, 11) is 0. The summed E-state index contributed by atoms with van der Waals surface area (Å²) in [4.78, 5) is 9.89. The van der Waals surface area contributed by atoms with Gasteiger partial charge in [0.05, 0.1) is 11.7 Å². The second kappa shape index (κ2) is 4.28. The molecular weight excluding hydrogens is 212 g/mol. The van der Waals surface area contributed by atoms with E-state index in [9.17, 15) is 0 Å². The second-order valence-corrected chi connectivity index (χ2v) is 4.16. The van der Waals surface area contributed by atoms with Gasteiger partial charge in [0.15, 0.2) is 6.23 Å². The minimum Gasteiger partial charge on any atom is -0.268 e. The molecule has 1 unspecified atom stereocenters. The average Bonchev–Trinajstić information content (AvgIpc) is 3.20. The third-order valence-corrected chi connectivity index (χ3v) is 3.01. The average molecular weight is 226 g/mol. The Morgan fingerprint density at radius 1 is 1.12 bits per heavy atom. The van der Waals surface area contributed by atoms with E-state index in [1.807, 2.05) is 41.5 Å². The van der Waals surface area contributed by atoms with Crippen LogP contribution in [-0.4, -0.2) is 10.0 Å². The summed E-state index contributed by atoms with van der Waals surface area (Å²) < 4.78 is 0. The van der Waals surface area contributed by atoms with Gasteiger partial charge < -0.3 is 0 Å². The van der Waals surface area contributed by atoms with Crippen molar-refractivity contribution in [2.75, 3.05) is 0 Å². The van der Waals surface area contributed by atoms with Crippen LogP contribution in [0.4, 0.5) is 0 Å². The van der Waals surface area contributed by atoms with Crippen LogP contribution < -0.4 is 0 Å². The molecule has 0 N–H and O–H groups in total. The maximum atomic E-state index is 5.59. The molecule has 1 saturated heterocycles. The van der Waals surface area contributed by atoms with Crippen LogP contribution >= 0.6 is 0 Å². The maximum absolute atomic E-state index is 5.59. The van der Waals surface area contributed by atoms with Crippen molar-refractivity contribution in [2.24, 2.45) is 0 Å². The zero-order valence-corrected chi connectivity index (χ0v) is 9.65. The predicted octanol–water partition coefficient (Wildman–Crippen LogP) is 3.09. The number of hydrogen-bond acceptors (Lipinski definition) is 3. The largest absolute Gasteiger partial charge is 0.268 e. The van der Waals surface area contributed by atoms with Crippen LogP contribution in [0.5, 0.6) is 0 Å². The number of nitrogens with zero attached hydrogens (tertiary/aromatic N) is 2. The first-order chi connectivity index (χ1) is 8.36. The number of pyridine rings is 1. The summed E-state index contributed by atoms with van der Waals surface area (Å²) in [5.41, 5.74) is 2.22. The minimum atomic E-state index is 0.00593. The lowest BCUT2D eigenvalue weighted by Crippen LogP contribution is -2.06. The number of hydrogen-bond donors (Lipinski definition) is 0. The molecule has 86 valence electrons. The van der Waals surface area contributed by atoms with Gasteiger partial charge in [0.2, 0.25) is 0 Å². The fourth-order valence-corrected chi connectivity index (χ4v) is 1.97. The van der Waals surface area contributed by atoms with Crippen LogP contribution in [0.2, 0.25) is 0 Å². The second-order valence-electron chi connectivity index (χ2n) is 4.16. The highest BCUT2D eigenvalue weighted by Gasteiger charge is 2.43. The molecule has 3 atom stereocenters. The van der Waals surface area contributed by atoms with E-state index in [0.717, 1.165) is 5.69 Å². The smallest absolute Gasteiger partial charge is 0.197 e. The molecule has 1 aliphatic heterocycles. The first kappa shape index (κ1) is 10.4. The summed E-state index contributed by atoms with van der Waals surface area (Å²) in [6, 6.07) is 16.5. The molecule has 3 nitrogen and oxygen atoms in total. The van der Waals surface area contributed by atoms with Gasteiger partial charge in [0, 0.05) is 6.20 Å². The normalized spacial score (nSPS) is 24.3. The van der Waals surface area contributed by atoms with Crippen LogP contribution in [-0.2, 0) is 4.84 Å². The van der Waals surface area contributed by atoms with Gasteiger partial charge >= 0.3 is 0 Å². The Morgan fingerprint density at radius 3 is 2.59 bits per heavy atom. The van der Waals surface area contributed by atoms with E-state index in [4.69, 9.17) is 4.84 Å². The van der Waals surface area contributed by atoms with Crippen molar-refractivity contribution in [1.82, 2.24) is 10.0 Å². The van der Waals surface area contributed by atoms with Gasteiger partial charge in [0.25, 0.3) is 0 Å². The molecule has 1 aromatic heterocycles. The van der Waals surface area contributed by atoms with E-state index >= 15 is 0 Å². The minimum absolute atomic E-state index is 0.00593. The molecule has 2 heterocycles. The first-order valence-electron chi connectivity index (χ1n) is 5.77. The van der Waals surface area contributed by atoms with Gasteiger partial charge in [-0.1, -0.05) is 36.4 Å². The van der Waals surface area contributed by atoms with Gasteiger partial charge in [-0.2, -0.15) is 0 Å². The van der Waals surface area contributed by atoms with Crippen LogP contribution in [0.25, 0.3) is 0 Å². The molecular formula is C14H14N2O. The molecule has 2 aromatic rings. The van der Waals surface area contributed by atoms with E-state index in [1.54, 1.807) is 6.20 Å². The van der Waals surface area contributed by atoms with Gasteiger partial charge in [-0.05, 0) is 24.6 Å². The van der Waals surface area contributed by atoms with E-state index in [-0.39, 0.29) is 12.3 Å². The molecule has 1 fully saturated rings. The van der Waals surface area contributed by atoms with Gasteiger partial charge in [-0.25, -0.2) is 0 Å². The van der Waals surface area contributed by atoms with Crippen LogP contribution in [0, 0.1) is 0 Å². The van der Waals surface area contributed by atoms with Crippen molar-refractivity contribution in [3.05, 3.63) is 66.0 Å². The third kappa shape index (κ3) is 2.07. The Kier molecular flexibility index (Phi) is 2.63. The van der Waals surface area contributed by atoms with Crippen molar-refractivity contribution in [2.45, 2.75) is 19.2 Å². The quantitative estimate of drug-likeness (QED) is 0.753. The molecule has 0 amide bonds. The summed E-state index contributed by atoms with van der Waals surface area (Å²) in [6.07, 6.45) is 1.80. The van der Waals surface area contributed by atoms with Gasteiger partial charge in [-0.15, -0.1) is 5.06 Å². The van der Waals surface area contributed by atoms with E-state index in [1.165, 1.54) is 5.56 Å². The zero-order valence-electron chi connectivity index (χ0n) is 9.65. The highest BCUT2D eigenvalue weighted by Crippen LogP contribution is 2.43. The van der Waals surface area contributed by atoms with Gasteiger partial charge in [-0.3, -0.25) is 9.82 Å². The molecule has 0 spiro atoms. The van der Waals surface area contributed by atoms with Crippen molar-refractivity contribution in [1.29, 1.82) is 0 Å². The maximum Gasteiger partial charge on any atom is 0.197 e. The van der Waals surface area contributed by atoms with E-state index in [0.29, 0.717) is 0 Å². The van der Waals surface area contributed by atoms with Crippen LogP contribution in [0.15, 0.2) is 54.7 Å². The topological polar surface area (TPSA) is 28.4 Å². The lowest BCUT2D eigenvalue weighted by molar-refractivity contribution is 0.155. The van der Waals surface area contributed by atoms with Crippen LogP contribution in [0.1, 0.15) is 30.5 Å². The monoisotopic (exact) mass is 226 g/mol. The molecule has 1 aromatic carbocycles. The molecule has 0 bridgehead atoms. The summed E-state index contributed by atoms with van der Waals surface area (Å²) in [5.74, 6) is 0. The summed E-state index contributed by atoms with van der Waals surface area (Å²) in [6.45, 7) is 2.14. The molecule has 17 heavy (non-hydrogen) atoms. The number of benzene rings is 1. The molecule has 3 rings (SSSR count). The fourth-order valence-electron chi connectivity index (χ4n) is 1.97. The highest BCUT2D eigenvalue weighted by molar-refractivity contribution is 5.19. The first-order valence-corrected chi connectivity index (χ1v) is 5.77. The molecule has 0 radical (unpaired) electrons. The SMILES string of the molecule is C[C@@H](c1ccccc1)N1O[C@H]1c1ccccn1. The fraction of sp³-hybridized carbons (Fsp3) is 0.214. The Balaban J connectivity index is 1.73. The Hall–Kier alpha value is -1.71. The molecule has 0 saturated carbocycles. The molecule has 1 aliphatic rings. The molecule has 3 heteroatoms. The lowest BCUT2D eigenvalue weighted by Gasteiger charge is -2.09. The zero-order chi connectivity index (χ0) is 11.7. The van der Waals surface area contributed by atoms with E-state index < -0.39 is 0 Å². The van der Waals surface area contributed by atoms with E-state index in [2.05, 4.69) is 24.0 Å². The van der Waals surface area contributed by atoms with Crippen molar-refractivity contribution < 1.29 is 4.84 Å². The number of rotatable bonds is 3. The summed E-state index contributed by atoms with van der Waals surface area (Å²) in [5, 5.41) is 1.97. The third-order valence-electron chi connectivity index (χ3n) is 3.01. The molecule has 0 aliphatic carbocycles. The van der Waals surface area contributed by atoms with Crippen molar-refractivity contribution >= 4 is 0 Å². The Labute approximate surface area is 101 Å². The standard InChI is InChI=1S/C14H14N2O/c1-11(12-7-3-2-4-8-12)16-14(17-16)13-9-5-6-10-15-13/h2-11,14H,1H3/t11-,14-,16?/m0/s1. The Morgan fingerprint density at radius 2 is 1.88 bits per heavy atom. The van der Waals surface area contributed by atoms with Crippen molar-refractivity contribution in [3.8, 4) is 0 Å². The lowest BCUT2D eigenvalue weighted by atomic mass is 10.1. The predicted molar refractivity (Wildman–Crippen MR) is 64.8 cm³/mol. The van der Waals surface area contributed by atoms with Crippen LogP contribution in [0.3, 0.4) is 0 Å². The Bertz CT molecular complexity index is 486.